The number of aromatic nitrogens is 3. The fourth-order valence-electron chi connectivity index (χ4n) is 1.62. The fraction of sp³-hybridized carbons (Fsp3) is 0.300. The molecule has 0 saturated heterocycles. The van der Waals surface area contributed by atoms with Gasteiger partial charge in [-0.2, -0.15) is 14.6 Å². The van der Waals surface area contributed by atoms with E-state index in [1.165, 1.54) is 24.9 Å². The van der Waals surface area contributed by atoms with Gasteiger partial charge in [0.1, 0.15) is 5.56 Å². The molecule has 0 aliphatic rings. The van der Waals surface area contributed by atoms with Crippen LogP contribution in [0, 0.1) is 6.92 Å². The van der Waals surface area contributed by atoms with Crippen molar-refractivity contribution in [2.24, 2.45) is 0 Å². The number of carbonyl (C=O) groups is 1. The Morgan fingerprint density at radius 3 is 2.65 bits per heavy atom. The van der Waals surface area contributed by atoms with Gasteiger partial charge in [-0.3, -0.25) is 0 Å². The number of ether oxygens (including phenoxy) is 2. The molecule has 17 heavy (non-hydrogen) atoms. The lowest BCUT2D eigenvalue weighted by molar-refractivity contribution is 0.0698. The van der Waals surface area contributed by atoms with Crippen molar-refractivity contribution in [3.63, 3.8) is 0 Å². The lowest BCUT2D eigenvalue weighted by atomic mass is 10.3. The van der Waals surface area contributed by atoms with E-state index < -0.39 is 5.97 Å². The van der Waals surface area contributed by atoms with Crippen LogP contribution in [0.4, 0.5) is 0 Å². The maximum absolute atomic E-state index is 11.0. The molecule has 7 nitrogen and oxygen atoms in total. The number of fused-ring (bicyclic) bond motifs is 1. The molecule has 0 spiro atoms. The third-order valence-corrected chi connectivity index (χ3v) is 2.40. The summed E-state index contributed by atoms with van der Waals surface area (Å²) in [6.07, 6.45) is 1.23. The Labute approximate surface area is 96.6 Å². The molecule has 0 bridgehead atoms. The first-order valence-corrected chi connectivity index (χ1v) is 4.79. The van der Waals surface area contributed by atoms with Crippen molar-refractivity contribution in [3.05, 3.63) is 17.3 Å². The van der Waals surface area contributed by atoms with E-state index in [4.69, 9.17) is 14.6 Å². The fourth-order valence-corrected chi connectivity index (χ4v) is 1.62. The summed E-state index contributed by atoms with van der Waals surface area (Å²) in [5, 5.41) is 12.9. The standard InChI is InChI=1S/C10H11N3O4/c1-5-8(16-2)12-7-6(10(14)15)4-11-13(7)9(5)17-3/h4H,1-3H3,(H,14,15). The Bertz CT molecular complexity index is 591. The van der Waals surface area contributed by atoms with Gasteiger partial charge in [0.15, 0.2) is 5.65 Å². The second-order valence-corrected chi connectivity index (χ2v) is 3.35. The molecule has 0 atom stereocenters. The molecule has 7 heteroatoms. The highest BCUT2D eigenvalue weighted by atomic mass is 16.5. The lowest BCUT2D eigenvalue weighted by Crippen LogP contribution is -2.05. The highest BCUT2D eigenvalue weighted by Gasteiger charge is 2.19. The summed E-state index contributed by atoms with van der Waals surface area (Å²) >= 11 is 0. The van der Waals surface area contributed by atoms with Crippen molar-refractivity contribution in [1.82, 2.24) is 14.6 Å². The minimum Gasteiger partial charge on any atom is -0.481 e. The normalized spacial score (nSPS) is 10.5. The Kier molecular flexibility index (Phi) is 2.58. The van der Waals surface area contributed by atoms with Crippen molar-refractivity contribution >= 4 is 11.6 Å². The Morgan fingerprint density at radius 2 is 2.12 bits per heavy atom. The van der Waals surface area contributed by atoms with Crippen LogP contribution in [0.15, 0.2) is 6.20 Å². The van der Waals surface area contributed by atoms with E-state index in [9.17, 15) is 4.79 Å². The summed E-state index contributed by atoms with van der Waals surface area (Å²) in [7, 11) is 2.94. The third-order valence-electron chi connectivity index (χ3n) is 2.40. The zero-order valence-electron chi connectivity index (χ0n) is 9.59. The van der Waals surface area contributed by atoms with Gasteiger partial charge >= 0.3 is 5.97 Å². The number of methoxy groups -OCH3 is 2. The monoisotopic (exact) mass is 237 g/mol. The first kappa shape index (κ1) is 11.2. The molecule has 2 aromatic rings. The molecule has 0 aliphatic carbocycles. The van der Waals surface area contributed by atoms with Crippen LogP contribution in [0.2, 0.25) is 0 Å². The number of carboxylic acid groups (broad SMARTS) is 1. The van der Waals surface area contributed by atoms with E-state index in [2.05, 4.69) is 10.1 Å². The topological polar surface area (TPSA) is 86.0 Å². The maximum atomic E-state index is 11.0. The third kappa shape index (κ3) is 1.55. The van der Waals surface area contributed by atoms with E-state index in [1.807, 2.05) is 0 Å². The molecule has 0 aromatic carbocycles. The van der Waals surface area contributed by atoms with Crippen LogP contribution in [0.25, 0.3) is 5.65 Å². The van der Waals surface area contributed by atoms with Gasteiger partial charge in [0.05, 0.1) is 26.0 Å². The predicted molar refractivity (Wildman–Crippen MR) is 57.8 cm³/mol. The van der Waals surface area contributed by atoms with Crippen molar-refractivity contribution in [2.45, 2.75) is 6.92 Å². The molecule has 2 rings (SSSR count). The van der Waals surface area contributed by atoms with Crippen molar-refractivity contribution in [3.8, 4) is 11.8 Å². The highest BCUT2D eigenvalue weighted by molar-refractivity contribution is 5.94. The summed E-state index contributed by atoms with van der Waals surface area (Å²) < 4.78 is 11.6. The second kappa shape index (κ2) is 3.93. The van der Waals surface area contributed by atoms with E-state index in [0.29, 0.717) is 17.3 Å². The van der Waals surface area contributed by atoms with Crippen LogP contribution in [0.1, 0.15) is 15.9 Å². The largest absolute Gasteiger partial charge is 0.481 e. The number of hydrogen-bond donors (Lipinski definition) is 1. The Hall–Kier alpha value is -2.31. The molecule has 2 heterocycles. The minimum absolute atomic E-state index is 0.00148. The number of hydrogen-bond acceptors (Lipinski definition) is 5. The maximum Gasteiger partial charge on any atom is 0.341 e. The van der Waals surface area contributed by atoms with Crippen LogP contribution in [-0.4, -0.2) is 39.9 Å². The average Bonchev–Trinajstić information content (AvgIpc) is 2.71. The molecule has 0 aliphatic heterocycles. The smallest absolute Gasteiger partial charge is 0.341 e. The first-order chi connectivity index (χ1) is 8.10. The van der Waals surface area contributed by atoms with Gasteiger partial charge in [0.2, 0.25) is 11.8 Å². The Balaban J connectivity index is 2.85. The van der Waals surface area contributed by atoms with Gasteiger partial charge in [-0.05, 0) is 6.92 Å². The van der Waals surface area contributed by atoms with Crippen molar-refractivity contribution < 1.29 is 19.4 Å². The van der Waals surface area contributed by atoms with Gasteiger partial charge in [0.25, 0.3) is 0 Å². The molecule has 0 saturated carbocycles. The van der Waals surface area contributed by atoms with E-state index in [0.717, 1.165) is 0 Å². The van der Waals surface area contributed by atoms with Crippen molar-refractivity contribution in [2.75, 3.05) is 14.2 Å². The van der Waals surface area contributed by atoms with Gasteiger partial charge < -0.3 is 14.6 Å². The molecule has 0 amide bonds. The molecule has 0 unspecified atom stereocenters. The molecule has 2 aromatic heterocycles. The van der Waals surface area contributed by atoms with Gasteiger partial charge in [-0.15, -0.1) is 0 Å². The lowest BCUT2D eigenvalue weighted by Gasteiger charge is -2.10. The van der Waals surface area contributed by atoms with Crippen LogP contribution in [-0.2, 0) is 0 Å². The molecule has 1 N–H and O–H groups in total. The predicted octanol–water partition coefficient (Wildman–Crippen LogP) is 0.753. The summed E-state index contributed by atoms with van der Waals surface area (Å²) in [4.78, 5) is 15.1. The quantitative estimate of drug-likeness (QED) is 0.847. The number of aromatic carboxylic acids is 1. The van der Waals surface area contributed by atoms with E-state index >= 15 is 0 Å². The van der Waals surface area contributed by atoms with Crippen molar-refractivity contribution in [1.29, 1.82) is 0 Å². The van der Waals surface area contributed by atoms with Gasteiger partial charge in [-0.1, -0.05) is 0 Å². The summed E-state index contributed by atoms with van der Waals surface area (Å²) in [6.45, 7) is 1.76. The average molecular weight is 237 g/mol. The second-order valence-electron chi connectivity index (χ2n) is 3.35. The number of rotatable bonds is 3. The molecular weight excluding hydrogens is 226 g/mol. The molecule has 0 radical (unpaired) electrons. The zero-order valence-corrected chi connectivity index (χ0v) is 9.59. The van der Waals surface area contributed by atoms with Gasteiger partial charge in [0, 0.05) is 0 Å². The molecular formula is C10H11N3O4. The van der Waals surface area contributed by atoms with E-state index in [1.54, 1.807) is 6.92 Å². The minimum atomic E-state index is -1.10. The van der Waals surface area contributed by atoms with Crippen LogP contribution in [0.3, 0.4) is 0 Å². The zero-order chi connectivity index (χ0) is 12.6. The first-order valence-electron chi connectivity index (χ1n) is 4.79. The number of nitrogens with zero attached hydrogens (tertiary/aromatic N) is 3. The molecule has 90 valence electrons. The molecule has 0 fully saturated rings. The van der Waals surface area contributed by atoms with Gasteiger partial charge in [-0.25, -0.2) is 4.79 Å². The van der Waals surface area contributed by atoms with E-state index in [-0.39, 0.29) is 11.2 Å². The highest BCUT2D eigenvalue weighted by Crippen LogP contribution is 2.27. The summed E-state index contributed by atoms with van der Waals surface area (Å²) in [6, 6.07) is 0. The number of carboxylic acids is 1. The summed E-state index contributed by atoms with van der Waals surface area (Å²) in [5.41, 5.74) is 0.848. The van der Waals surface area contributed by atoms with Crippen LogP contribution < -0.4 is 9.47 Å². The Morgan fingerprint density at radius 1 is 1.41 bits per heavy atom. The van der Waals surface area contributed by atoms with Crippen LogP contribution >= 0.6 is 0 Å². The van der Waals surface area contributed by atoms with Crippen LogP contribution in [0.5, 0.6) is 11.8 Å². The summed E-state index contributed by atoms with van der Waals surface area (Å²) in [5.74, 6) is -0.378. The SMILES string of the molecule is COc1nc2c(C(=O)O)cnn2c(OC)c1C.